The first-order chi connectivity index (χ1) is 12.3. The second-order valence-corrected chi connectivity index (χ2v) is 8.56. The van der Waals surface area contributed by atoms with E-state index in [1.54, 1.807) is 26.0 Å². The van der Waals surface area contributed by atoms with Crippen LogP contribution in [0.2, 0.25) is 0 Å². The van der Waals surface area contributed by atoms with Crippen molar-refractivity contribution in [1.82, 2.24) is 14.6 Å². The number of pyridine rings is 1. The Hall–Kier alpha value is -1.96. The van der Waals surface area contributed by atoms with Gasteiger partial charge in [0.2, 0.25) is 10.0 Å². The minimum atomic E-state index is -3.51. The van der Waals surface area contributed by atoms with E-state index in [2.05, 4.69) is 46.2 Å². The summed E-state index contributed by atoms with van der Waals surface area (Å²) in [7, 11) is 0.593. The molecule has 0 aliphatic rings. The van der Waals surface area contributed by atoms with Crippen LogP contribution >= 0.6 is 0 Å². The summed E-state index contributed by atoms with van der Waals surface area (Å²) in [6.07, 6.45) is 2.31. The van der Waals surface area contributed by atoms with Crippen LogP contribution in [0, 0.1) is 0 Å². The van der Waals surface area contributed by atoms with Gasteiger partial charge in [0.1, 0.15) is 10.7 Å². The van der Waals surface area contributed by atoms with E-state index >= 15 is 0 Å². The second-order valence-electron chi connectivity index (χ2n) is 6.84. The number of sulfonamides is 1. The number of aromatic nitrogens is 1. The van der Waals surface area contributed by atoms with Crippen LogP contribution in [-0.2, 0) is 16.4 Å². The molecule has 1 aromatic carbocycles. The summed E-state index contributed by atoms with van der Waals surface area (Å²) in [6, 6.07) is 13.8. The lowest BCUT2D eigenvalue weighted by molar-refractivity contribution is 0.303. The molecule has 0 bridgehead atoms. The van der Waals surface area contributed by atoms with Crippen molar-refractivity contribution in [3.63, 3.8) is 0 Å². The molecule has 0 saturated heterocycles. The lowest BCUT2D eigenvalue weighted by Crippen LogP contribution is -2.36. The van der Waals surface area contributed by atoms with Crippen LogP contribution in [0.15, 0.2) is 53.6 Å². The van der Waals surface area contributed by atoms with Crippen LogP contribution in [0.25, 0.3) is 0 Å². The maximum absolute atomic E-state index is 12.1. The SMILES string of the molecule is CC(C)NS(=O)(=O)c1ccc(NC[C@@H](Cc2ccccc2)N(C)C)nc1. The predicted octanol–water partition coefficient (Wildman–Crippen LogP) is 2.35. The third-order valence-corrected chi connectivity index (χ3v) is 5.64. The summed E-state index contributed by atoms with van der Waals surface area (Å²) in [6.45, 7) is 4.29. The third kappa shape index (κ3) is 6.09. The second kappa shape index (κ2) is 9.12. The summed E-state index contributed by atoms with van der Waals surface area (Å²) in [5.41, 5.74) is 1.28. The van der Waals surface area contributed by atoms with E-state index in [-0.39, 0.29) is 10.9 Å². The molecule has 2 rings (SSSR count). The molecular formula is C19H28N4O2S. The monoisotopic (exact) mass is 376 g/mol. The lowest BCUT2D eigenvalue weighted by Gasteiger charge is -2.25. The van der Waals surface area contributed by atoms with Gasteiger partial charge in [0.05, 0.1) is 0 Å². The van der Waals surface area contributed by atoms with Gasteiger partial charge in [0, 0.05) is 24.8 Å². The van der Waals surface area contributed by atoms with E-state index in [0.717, 1.165) is 6.42 Å². The van der Waals surface area contributed by atoms with Gasteiger partial charge >= 0.3 is 0 Å². The van der Waals surface area contributed by atoms with Crippen LogP contribution in [-0.4, -0.2) is 51.0 Å². The standard InChI is InChI=1S/C19H28N4O2S/c1-15(2)22-26(24,25)18-10-11-19(21-14-18)20-13-17(23(3)4)12-16-8-6-5-7-9-16/h5-11,14-15,17,22H,12-13H2,1-4H3,(H,20,21)/t17-/m1/s1. The van der Waals surface area contributed by atoms with Crippen molar-refractivity contribution < 1.29 is 8.42 Å². The first kappa shape index (κ1) is 20.4. The molecule has 6 nitrogen and oxygen atoms in total. The normalized spacial score (nSPS) is 13.2. The first-order valence-corrected chi connectivity index (χ1v) is 10.2. The minimum Gasteiger partial charge on any atom is -0.368 e. The lowest BCUT2D eigenvalue weighted by atomic mass is 10.1. The summed E-state index contributed by atoms with van der Waals surface area (Å²) in [5, 5.41) is 3.30. The molecule has 0 amide bonds. The van der Waals surface area contributed by atoms with Gasteiger partial charge in [-0.15, -0.1) is 0 Å². The molecule has 1 aromatic heterocycles. The number of anilines is 1. The molecule has 0 unspecified atom stereocenters. The van der Waals surface area contributed by atoms with Crippen molar-refractivity contribution in [2.45, 2.75) is 37.2 Å². The molecule has 0 aliphatic carbocycles. The van der Waals surface area contributed by atoms with Crippen molar-refractivity contribution in [2.24, 2.45) is 0 Å². The van der Waals surface area contributed by atoms with Crippen molar-refractivity contribution in [2.75, 3.05) is 26.0 Å². The van der Waals surface area contributed by atoms with Gasteiger partial charge in [0.25, 0.3) is 0 Å². The smallest absolute Gasteiger partial charge is 0.242 e. The predicted molar refractivity (Wildman–Crippen MR) is 106 cm³/mol. The Kier molecular flexibility index (Phi) is 7.14. The molecule has 142 valence electrons. The number of hydrogen-bond donors (Lipinski definition) is 2. The van der Waals surface area contributed by atoms with Crippen molar-refractivity contribution in [3.05, 3.63) is 54.2 Å². The average molecular weight is 377 g/mol. The highest BCUT2D eigenvalue weighted by molar-refractivity contribution is 7.89. The maximum atomic E-state index is 12.1. The first-order valence-electron chi connectivity index (χ1n) is 8.70. The van der Waals surface area contributed by atoms with E-state index < -0.39 is 10.0 Å². The molecule has 0 fully saturated rings. The van der Waals surface area contributed by atoms with Gasteiger partial charge in [-0.3, -0.25) is 0 Å². The Morgan fingerprint density at radius 3 is 2.31 bits per heavy atom. The van der Waals surface area contributed by atoms with Crippen LogP contribution in [0.3, 0.4) is 0 Å². The number of hydrogen-bond acceptors (Lipinski definition) is 5. The van der Waals surface area contributed by atoms with E-state index in [0.29, 0.717) is 18.4 Å². The van der Waals surface area contributed by atoms with Gasteiger partial charge < -0.3 is 10.2 Å². The fraction of sp³-hybridized carbons (Fsp3) is 0.421. The van der Waals surface area contributed by atoms with Gasteiger partial charge in [-0.25, -0.2) is 18.1 Å². The fourth-order valence-electron chi connectivity index (χ4n) is 2.57. The van der Waals surface area contributed by atoms with Gasteiger partial charge in [0.15, 0.2) is 0 Å². The summed E-state index contributed by atoms with van der Waals surface area (Å²) < 4.78 is 26.8. The quantitative estimate of drug-likeness (QED) is 0.703. The summed E-state index contributed by atoms with van der Waals surface area (Å²) in [4.78, 5) is 6.59. The molecule has 2 N–H and O–H groups in total. The summed E-state index contributed by atoms with van der Waals surface area (Å²) in [5.74, 6) is 0.661. The summed E-state index contributed by atoms with van der Waals surface area (Å²) >= 11 is 0. The van der Waals surface area contributed by atoms with Gasteiger partial charge in [-0.2, -0.15) is 0 Å². The molecule has 2 aromatic rings. The van der Waals surface area contributed by atoms with E-state index in [1.807, 2.05) is 18.2 Å². The Bertz CT molecular complexity index is 775. The Labute approximate surface area is 156 Å². The molecule has 0 radical (unpaired) electrons. The molecule has 0 saturated carbocycles. The van der Waals surface area contributed by atoms with Gasteiger partial charge in [-0.05, 0) is 52.1 Å². The number of nitrogens with zero attached hydrogens (tertiary/aromatic N) is 2. The number of rotatable bonds is 9. The number of likely N-dealkylation sites (N-methyl/N-ethyl adjacent to an activating group) is 1. The molecule has 7 heteroatoms. The zero-order valence-electron chi connectivity index (χ0n) is 15.8. The molecule has 26 heavy (non-hydrogen) atoms. The highest BCUT2D eigenvalue weighted by atomic mass is 32.2. The van der Waals surface area contributed by atoms with E-state index in [1.165, 1.54) is 11.8 Å². The van der Waals surface area contributed by atoms with E-state index in [4.69, 9.17) is 0 Å². The average Bonchev–Trinajstić information content (AvgIpc) is 2.58. The zero-order valence-corrected chi connectivity index (χ0v) is 16.6. The fourth-order valence-corrected chi connectivity index (χ4v) is 3.76. The highest BCUT2D eigenvalue weighted by Gasteiger charge is 2.16. The number of nitrogens with one attached hydrogen (secondary N) is 2. The maximum Gasteiger partial charge on any atom is 0.242 e. The molecule has 0 aliphatic heterocycles. The van der Waals surface area contributed by atoms with Crippen molar-refractivity contribution in [3.8, 4) is 0 Å². The minimum absolute atomic E-state index is 0.156. The topological polar surface area (TPSA) is 74.3 Å². The Balaban J connectivity index is 1.99. The van der Waals surface area contributed by atoms with Crippen molar-refractivity contribution >= 4 is 15.8 Å². The van der Waals surface area contributed by atoms with Crippen LogP contribution in [0.4, 0.5) is 5.82 Å². The molecule has 1 heterocycles. The van der Waals surface area contributed by atoms with Crippen LogP contribution in [0.1, 0.15) is 19.4 Å². The largest absolute Gasteiger partial charge is 0.368 e. The highest BCUT2D eigenvalue weighted by Crippen LogP contribution is 2.12. The zero-order chi connectivity index (χ0) is 19.2. The third-order valence-electron chi connectivity index (χ3n) is 4.00. The van der Waals surface area contributed by atoms with E-state index in [9.17, 15) is 8.42 Å². The van der Waals surface area contributed by atoms with Gasteiger partial charge in [-0.1, -0.05) is 30.3 Å². The van der Waals surface area contributed by atoms with Crippen LogP contribution in [0.5, 0.6) is 0 Å². The molecular weight excluding hydrogens is 348 g/mol. The van der Waals surface area contributed by atoms with Crippen LogP contribution < -0.4 is 10.0 Å². The Morgan fingerprint density at radius 2 is 1.77 bits per heavy atom. The molecule has 0 spiro atoms. The van der Waals surface area contributed by atoms with Crippen molar-refractivity contribution in [1.29, 1.82) is 0 Å². The Morgan fingerprint density at radius 1 is 1.08 bits per heavy atom. The number of benzene rings is 1. The molecule has 1 atom stereocenters.